The minimum absolute atomic E-state index is 0.107. The summed E-state index contributed by atoms with van der Waals surface area (Å²) in [4.78, 5) is 44.6. The van der Waals surface area contributed by atoms with Crippen molar-refractivity contribution < 1.29 is 22.8 Å². The van der Waals surface area contributed by atoms with Crippen LogP contribution < -0.4 is 10.7 Å². The van der Waals surface area contributed by atoms with E-state index >= 15 is 0 Å². The van der Waals surface area contributed by atoms with E-state index in [4.69, 9.17) is 0 Å². The molecule has 0 spiro atoms. The fourth-order valence-corrected chi connectivity index (χ4v) is 4.00. The van der Waals surface area contributed by atoms with Crippen LogP contribution in [0.25, 0.3) is 0 Å². The number of nitrogens with zero attached hydrogens (tertiary/aromatic N) is 3. The van der Waals surface area contributed by atoms with Crippen molar-refractivity contribution in [1.82, 2.24) is 19.8 Å². The molecule has 0 aliphatic carbocycles. The monoisotopic (exact) mass is 478 g/mol. The van der Waals surface area contributed by atoms with Gasteiger partial charge in [0.25, 0.3) is 11.8 Å². The number of halogens is 3. The van der Waals surface area contributed by atoms with E-state index in [1.54, 1.807) is 4.90 Å². The molecule has 0 bridgehead atoms. The third-order valence-electron chi connectivity index (χ3n) is 5.61. The van der Waals surface area contributed by atoms with Crippen LogP contribution in [0, 0.1) is 5.92 Å². The SMILES string of the molecule is CC(C)Cn1cc(C(=O)NC(c2ccccn2)C(F)(F)F)c(=O)c(C(=O)N2CCCCCC2)c1. The summed E-state index contributed by atoms with van der Waals surface area (Å²) in [5.41, 5.74) is -2.00. The van der Waals surface area contributed by atoms with E-state index in [0.29, 0.717) is 19.6 Å². The molecule has 2 aromatic rings. The highest BCUT2D eigenvalue weighted by Crippen LogP contribution is 2.31. The molecule has 34 heavy (non-hydrogen) atoms. The number of carbonyl (C=O) groups is 2. The second-order valence-corrected chi connectivity index (χ2v) is 8.91. The first-order valence-electron chi connectivity index (χ1n) is 11.4. The van der Waals surface area contributed by atoms with Gasteiger partial charge in [0.05, 0.1) is 5.69 Å². The molecule has 1 fully saturated rings. The Balaban J connectivity index is 2.00. The molecule has 0 saturated carbocycles. The average molecular weight is 479 g/mol. The number of hydrogen-bond acceptors (Lipinski definition) is 4. The number of pyridine rings is 2. The van der Waals surface area contributed by atoms with Gasteiger partial charge >= 0.3 is 6.18 Å². The summed E-state index contributed by atoms with van der Waals surface area (Å²) < 4.78 is 42.7. The molecule has 1 aliphatic rings. The summed E-state index contributed by atoms with van der Waals surface area (Å²) in [6, 6.07) is 1.59. The summed E-state index contributed by atoms with van der Waals surface area (Å²) >= 11 is 0. The van der Waals surface area contributed by atoms with E-state index in [9.17, 15) is 27.6 Å². The van der Waals surface area contributed by atoms with Crippen molar-refractivity contribution in [2.45, 2.75) is 58.3 Å². The zero-order valence-corrected chi connectivity index (χ0v) is 19.3. The van der Waals surface area contributed by atoms with Crippen LogP contribution in [0.4, 0.5) is 13.2 Å². The molecular weight excluding hydrogens is 449 g/mol. The van der Waals surface area contributed by atoms with Crippen molar-refractivity contribution in [3.63, 3.8) is 0 Å². The molecule has 3 rings (SSSR count). The highest BCUT2D eigenvalue weighted by Gasteiger charge is 2.43. The number of rotatable bonds is 6. The lowest BCUT2D eigenvalue weighted by molar-refractivity contribution is -0.156. The summed E-state index contributed by atoms with van der Waals surface area (Å²) in [6.07, 6.45) is 2.55. The highest BCUT2D eigenvalue weighted by atomic mass is 19.4. The lowest BCUT2D eigenvalue weighted by Crippen LogP contribution is -2.42. The minimum Gasteiger partial charge on any atom is -0.352 e. The van der Waals surface area contributed by atoms with Gasteiger partial charge in [-0.25, -0.2) is 0 Å². The fourth-order valence-electron chi connectivity index (χ4n) is 4.00. The van der Waals surface area contributed by atoms with Crippen LogP contribution in [0.1, 0.15) is 72.0 Å². The first kappa shape index (κ1) is 25.5. The lowest BCUT2D eigenvalue weighted by Gasteiger charge is -2.23. The molecule has 1 atom stereocenters. The molecule has 1 N–H and O–H groups in total. The topological polar surface area (TPSA) is 84.3 Å². The summed E-state index contributed by atoms with van der Waals surface area (Å²) in [5, 5.41) is 1.90. The van der Waals surface area contributed by atoms with Crippen molar-refractivity contribution in [1.29, 1.82) is 0 Å². The Hall–Kier alpha value is -3.17. The molecule has 10 heteroatoms. The summed E-state index contributed by atoms with van der Waals surface area (Å²) in [6.45, 7) is 5.19. The maximum atomic E-state index is 13.7. The van der Waals surface area contributed by atoms with Crippen molar-refractivity contribution >= 4 is 11.8 Å². The van der Waals surface area contributed by atoms with Gasteiger partial charge in [0.1, 0.15) is 11.1 Å². The van der Waals surface area contributed by atoms with Gasteiger partial charge in [-0.15, -0.1) is 0 Å². The van der Waals surface area contributed by atoms with Crippen LogP contribution in [-0.4, -0.2) is 45.5 Å². The largest absolute Gasteiger partial charge is 0.414 e. The van der Waals surface area contributed by atoms with E-state index < -0.39 is 40.7 Å². The Morgan fingerprint density at radius 2 is 1.71 bits per heavy atom. The molecular formula is C24H29F3N4O3. The second-order valence-electron chi connectivity index (χ2n) is 8.91. The Kier molecular flexibility index (Phi) is 8.11. The first-order valence-corrected chi connectivity index (χ1v) is 11.4. The molecule has 2 amide bonds. The first-order chi connectivity index (χ1) is 16.1. The van der Waals surface area contributed by atoms with Crippen LogP contribution in [0.2, 0.25) is 0 Å². The molecule has 1 saturated heterocycles. The Labute approximate surface area is 196 Å². The van der Waals surface area contributed by atoms with Crippen LogP contribution >= 0.6 is 0 Å². The molecule has 2 aromatic heterocycles. The van der Waals surface area contributed by atoms with Crippen molar-refractivity contribution in [2.75, 3.05) is 13.1 Å². The molecule has 0 radical (unpaired) electrons. The van der Waals surface area contributed by atoms with E-state index in [-0.39, 0.29) is 11.5 Å². The Bertz CT molecular complexity index is 1060. The maximum absolute atomic E-state index is 13.7. The lowest BCUT2D eigenvalue weighted by atomic mass is 10.1. The Morgan fingerprint density at radius 3 is 2.26 bits per heavy atom. The fraction of sp³-hybridized carbons (Fsp3) is 0.500. The van der Waals surface area contributed by atoms with Crippen LogP contribution in [0.15, 0.2) is 41.6 Å². The van der Waals surface area contributed by atoms with Gasteiger partial charge in [0.15, 0.2) is 6.04 Å². The van der Waals surface area contributed by atoms with Crippen LogP contribution in [0.5, 0.6) is 0 Å². The number of likely N-dealkylation sites (tertiary alicyclic amines) is 1. The second kappa shape index (κ2) is 10.8. The van der Waals surface area contributed by atoms with Crippen molar-refractivity contribution in [2.24, 2.45) is 5.92 Å². The van der Waals surface area contributed by atoms with Gasteiger partial charge in [-0.3, -0.25) is 19.4 Å². The molecule has 1 aliphatic heterocycles. The van der Waals surface area contributed by atoms with Gasteiger partial charge in [-0.1, -0.05) is 32.8 Å². The molecule has 3 heterocycles. The average Bonchev–Trinajstić information content (AvgIpc) is 3.07. The summed E-state index contributed by atoms with van der Waals surface area (Å²) in [7, 11) is 0. The molecule has 184 valence electrons. The number of amides is 2. The Morgan fingerprint density at radius 1 is 1.06 bits per heavy atom. The van der Waals surface area contributed by atoms with Gasteiger partial charge in [0.2, 0.25) is 5.43 Å². The van der Waals surface area contributed by atoms with E-state index in [0.717, 1.165) is 31.7 Å². The zero-order chi connectivity index (χ0) is 24.9. The number of aromatic nitrogens is 2. The number of nitrogens with one attached hydrogen (secondary N) is 1. The highest BCUT2D eigenvalue weighted by molar-refractivity contribution is 5.99. The molecule has 0 aromatic carbocycles. The minimum atomic E-state index is -4.83. The van der Waals surface area contributed by atoms with Gasteiger partial charge < -0.3 is 14.8 Å². The van der Waals surface area contributed by atoms with Crippen LogP contribution in [0.3, 0.4) is 0 Å². The van der Waals surface area contributed by atoms with E-state index in [2.05, 4.69) is 4.98 Å². The predicted molar refractivity (Wildman–Crippen MR) is 120 cm³/mol. The van der Waals surface area contributed by atoms with Gasteiger partial charge in [-0.05, 0) is 30.9 Å². The quantitative estimate of drug-likeness (QED) is 0.682. The molecule has 1 unspecified atom stereocenters. The van der Waals surface area contributed by atoms with Crippen molar-refractivity contribution in [3.05, 3.63) is 63.8 Å². The van der Waals surface area contributed by atoms with Gasteiger partial charge in [-0.2, -0.15) is 13.2 Å². The van der Waals surface area contributed by atoms with E-state index in [1.807, 2.05) is 19.2 Å². The third kappa shape index (κ3) is 6.24. The third-order valence-corrected chi connectivity index (χ3v) is 5.61. The zero-order valence-electron chi connectivity index (χ0n) is 19.3. The standard InChI is InChI=1S/C24H29F3N4O3/c1-16(2)13-30-14-17(20(32)18(15-30)23(34)31-11-7-3-4-8-12-31)22(33)29-21(24(25,26)27)19-9-5-6-10-28-19/h5-6,9-10,14-16,21H,3-4,7-8,11-13H2,1-2H3,(H,29,33). The normalized spacial score (nSPS) is 15.6. The van der Waals surface area contributed by atoms with Crippen molar-refractivity contribution in [3.8, 4) is 0 Å². The predicted octanol–water partition coefficient (Wildman–Crippen LogP) is 3.95. The van der Waals surface area contributed by atoms with Crippen LogP contribution in [-0.2, 0) is 6.54 Å². The number of alkyl halides is 3. The summed E-state index contributed by atoms with van der Waals surface area (Å²) in [5.74, 6) is -1.60. The van der Waals surface area contributed by atoms with E-state index in [1.165, 1.54) is 35.3 Å². The smallest absolute Gasteiger partial charge is 0.352 e. The number of hydrogen-bond donors (Lipinski definition) is 1. The van der Waals surface area contributed by atoms with Gasteiger partial charge in [0, 0.05) is 38.2 Å². The number of carbonyl (C=O) groups excluding carboxylic acids is 2. The maximum Gasteiger partial charge on any atom is 0.414 e. The molecule has 7 nitrogen and oxygen atoms in total.